The predicted molar refractivity (Wildman–Crippen MR) is 84.6 cm³/mol. The molecular formula is C13H20N2O2S2. The molecule has 2 aromatic rings. The van der Waals surface area contributed by atoms with Gasteiger partial charge in [0.25, 0.3) is 0 Å². The molecule has 0 aliphatic heterocycles. The fourth-order valence-corrected chi connectivity index (χ4v) is 1.91. The number of rotatable bonds is 2. The van der Waals surface area contributed by atoms with Gasteiger partial charge >= 0.3 is 0 Å². The summed E-state index contributed by atoms with van der Waals surface area (Å²) < 4.78 is 14.2. The summed E-state index contributed by atoms with van der Waals surface area (Å²) >= 11 is 5.43. The SMILES string of the molecule is CC(C)(C)NS.COc1cc(OC)c2ncsc2c1. The maximum Gasteiger partial charge on any atom is 0.149 e. The van der Waals surface area contributed by atoms with E-state index >= 15 is 0 Å². The lowest BCUT2D eigenvalue weighted by Gasteiger charge is -2.14. The highest BCUT2D eigenvalue weighted by atomic mass is 32.1. The molecule has 19 heavy (non-hydrogen) atoms. The molecule has 1 heterocycles. The first-order chi connectivity index (χ1) is 8.91. The second-order valence-corrected chi connectivity index (χ2v) is 6.00. The van der Waals surface area contributed by atoms with Crippen molar-refractivity contribution in [3.63, 3.8) is 0 Å². The highest BCUT2D eigenvalue weighted by Crippen LogP contribution is 2.32. The molecule has 2 rings (SSSR count). The fourth-order valence-electron chi connectivity index (χ4n) is 1.18. The molecule has 0 saturated carbocycles. The molecular weight excluding hydrogens is 280 g/mol. The Labute approximate surface area is 123 Å². The van der Waals surface area contributed by atoms with Crippen molar-refractivity contribution in [2.24, 2.45) is 0 Å². The molecule has 0 aliphatic carbocycles. The molecule has 1 N–H and O–H groups in total. The molecule has 0 spiro atoms. The number of methoxy groups -OCH3 is 2. The molecule has 0 unspecified atom stereocenters. The minimum Gasteiger partial charge on any atom is -0.497 e. The van der Waals surface area contributed by atoms with Gasteiger partial charge in [-0.15, -0.1) is 11.3 Å². The summed E-state index contributed by atoms with van der Waals surface area (Å²) in [5, 5.41) is 0. The minimum atomic E-state index is 0.156. The van der Waals surface area contributed by atoms with Crippen molar-refractivity contribution < 1.29 is 9.47 Å². The van der Waals surface area contributed by atoms with Gasteiger partial charge in [0.1, 0.15) is 17.0 Å². The summed E-state index contributed by atoms with van der Waals surface area (Å²) in [4.78, 5) is 4.20. The van der Waals surface area contributed by atoms with Gasteiger partial charge in [0.15, 0.2) is 0 Å². The molecule has 6 heteroatoms. The van der Waals surface area contributed by atoms with Gasteiger partial charge in [0, 0.05) is 11.6 Å². The van der Waals surface area contributed by atoms with E-state index in [9.17, 15) is 0 Å². The molecule has 0 fully saturated rings. The van der Waals surface area contributed by atoms with Crippen LogP contribution in [0, 0.1) is 0 Å². The van der Waals surface area contributed by atoms with E-state index in [4.69, 9.17) is 9.47 Å². The average molecular weight is 300 g/mol. The number of aromatic nitrogens is 1. The van der Waals surface area contributed by atoms with Crippen molar-refractivity contribution in [1.29, 1.82) is 0 Å². The van der Waals surface area contributed by atoms with Gasteiger partial charge in [-0.25, -0.2) is 4.98 Å². The molecule has 0 saturated heterocycles. The van der Waals surface area contributed by atoms with Crippen molar-refractivity contribution in [2.45, 2.75) is 26.3 Å². The third-order valence-electron chi connectivity index (χ3n) is 2.17. The lowest BCUT2D eigenvalue weighted by Crippen LogP contribution is -2.27. The van der Waals surface area contributed by atoms with Crippen LogP contribution in [0.15, 0.2) is 17.6 Å². The van der Waals surface area contributed by atoms with E-state index in [1.807, 2.05) is 12.1 Å². The minimum absolute atomic E-state index is 0.156. The van der Waals surface area contributed by atoms with Crippen LogP contribution in [-0.4, -0.2) is 24.7 Å². The Kier molecular flexibility index (Phi) is 5.90. The second-order valence-electron chi connectivity index (χ2n) is 4.89. The van der Waals surface area contributed by atoms with E-state index in [0.29, 0.717) is 0 Å². The maximum absolute atomic E-state index is 5.19. The van der Waals surface area contributed by atoms with Crippen LogP contribution in [0.3, 0.4) is 0 Å². The van der Waals surface area contributed by atoms with Crippen molar-refractivity contribution in [2.75, 3.05) is 14.2 Å². The van der Waals surface area contributed by atoms with E-state index in [1.54, 1.807) is 31.1 Å². The molecule has 0 aliphatic rings. The van der Waals surface area contributed by atoms with Crippen molar-refractivity contribution in [3.05, 3.63) is 17.6 Å². The van der Waals surface area contributed by atoms with Crippen LogP contribution < -0.4 is 14.2 Å². The quantitative estimate of drug-likeness (QED) is 0.833. The molecule has 1 aromatic heterocycles. The first kappa shape index (κ1) is 16.1. The number of ether oxygens (including phenoxy) is 2. The Balaban J connectivity index is 0.000000258. The Hall–Kier alpha value is -0.980. The van der Waals surface area contributed by atoms with Crippen LogP contribution in [0.25, 0.3) is 10.2 Å². The molecule has 106 valence electrons. The van der Waals surface area contributed by atoms with Gasteiger partial charge in [-0.1, -0.05) is 12.8 Å². The molecule has 1 aromatic carbocycles. The Morgan fingerprint density at radius 2 is 1.84 bits per heavy atom. The monoisotopic (exact) mass is 300 g/mol. The summed E-state index contributed by atoms with van der Waals surface area (Å²) in [5.74, 6) is 1.56. The highest BCUT2D eigenvalue weighted by Gasteiger charge is 2.06. The topological polar surface area (TPSA) is 43.4 Å². The van der Waals surface area contributed by atoms with Crippen LogP contribution in [0.2, 0.25) is 0 Å². The summed E-state index contributed by atoms with van der Waals surface area (Å²) in [6.07, 6.45) is 0. The summed E-state index contributed by atoms with van der Waals surface area (Å²) in [6, 6.07) is 3.79. The van der Waals surface area contributed by atoms with Gasteiger partial charge in [0.2, 0.25) is 0 Å². The Morgan fingerprint density at radius 1 is 1.21 bits per heavy atom. The average Bonchev–Trinajstić information content (AvgIpc) is 2.85. The lowest BCUT2D eigenvalue weighted by molar-refractivity contribution is 0.397. The fraction of sp³-hybridized carbons (Fsp3) is 0.462. The summed E-state index contributed by atoms with van der Waals surface area (Å²) in [6.45, 7) is 6.17. The standard InChI is InChI=1S/C9H9NO2S.C4H11NS/c1-11-6-3-7(12-2)9-8(4-6)13-5-10-9;1-4(2,3)5-6/h3-5H,1-2H3;5-6H,1-3H3. The van der Waals surface area contributed by atoms with Crippen LogP contribution in [0.4, 0.5) is 0 Å². The highest BCUT2D eigenvalue weighted by molar-refractivity contribution is 7.78. The molecule has 0 atom stereocenters. The number of fused-ring (bicyclic) bond motifs is 1. The Bertz CT molecular complexity index is 521. The normalized spacial score (nSPS) is 10.8. The summed E-state index contributed by atoms with van der Waals surface area (Å²) in [5.41, 5.74) is 2.85. The summed E-state index contributed by atoms with van der Waals surface area (Å²) in [7, 11) is 3.27. The zero-order valence-corrected chi connectivity index (χ0v) is 13.6. The van der Waals surface area contributed by atoms with E-state index in [2.05, 4.69) is 43.3 Å². The third kappa shape index (κ3) is 4.89. The number of hydrogen-bond acceptors (Lipinski definition) is 6. The number of benzene rings is 1. The smallest absolute Gasteiger partial charge is 0.149 e. The number of nitrogens with zero attached hydrogens (tertiary/aromatic N) is 1. The number of thiazole rings is 1. The van der Waals surface area contributed by atoms with Crippen molar-refractivity contribution in [1.82, 2.24) is 9.71 Å². The van der Waals surface area contributed by atoms with E-state index in [0.717, 1.165) is 21.7 Å². The maximum atomic E-state index is 5.19. The molecule has 0 amide bonds. The third-order valence-corrected chi connectivity index (χ3v) is 3.61. The first-order valence-electron chi connectivity index (χ1n) is 5.77. The van der Waals surface area contributed by atoms with Crippen LogP contribution in [0.1, 0.15) is 20.8 Å². The van der Waals surface area contributed by atoms with E-state index < -0.39 is 0 Å². The van der Waals surface area contributed by atoms with Crippen LogP contribution in [0.5, 0.6) is 11.5 Å². The van der Waals surface area contributed by atoms with Crippen LogP contribution >= 0.6 is 24.2 Å². The van der Waals surface area contributed by atoms with Gasteiger partial charge in [0.05, 0.1) is 24.4 Å². The molecule has 0 bridgehead atoms. The zero-order chi connectivity index (χ0) is 14.5. The predicted octanol–water partition coefficient (Wildman–Crippen LogP) is 3.53. The van der Waals surface area contributed by atoms with Gasteiger partial charge in [-0.2, -0.15) is 0 Å². The first-order valence-corrected chi connectivity index (χ1v) is 7.10. The largest absolute Gasteiger partial charge is 0.497 e. The van der Waals surface area contributed by atoms with Gasteiger partial charge in [-0.05, 0) is 26.8 Å². The van der Waals surface area contributed by atoms with Gasteiger partial charge < -0.3 is 9.47 Å². The van der Waals surface area contributed by atoms with Crippen molar-refractivity contribution in [3.8, 4) is 11.5 Å². The number of thiol groups is 1. The zero-order valence-electron chi connectivity index (χ0n) is 11.9. The van der Waals surface area contributed by atoms with Gasteiger partial charge in [-0.3, -0.25) is 4.72 Å². The van der Waals surface area contributed by atoms with E-state index in [1.165, 1.54) is 0 Å². The van der Waals surface area contributed by atoms with E-state index in [-0.39, 0.29) is 5.54 Å². The molecule has 0 radical (unpaired) electrons. The Morgan fingerprint density at radius 3 is 2.32 bits per heavy atom. The lowest BCUT2D eigenvalue weighted by atomic mass is 10.1. The van der Waals surface area contributed by atoms with Crippen molar-refractivity contribution >= 4 is 34.4 Å². The number of nitrogens with one attached hydrogen (secondary N) is 1. The van der Waals surface area contributed by atoms with Crippen LogP contribution in [-0.2, 0) is 0 Å². The molecule has 4 nitrogen and oxygen atoms in total. The second kappa shape index (κ2) is 6.98. The number of hydrogen-bond donors (Lipinski definition) is 2.